The van der Waals surface area contributed by atoms with E-state index in [4.69, 9.17) is 17.0 Å². The Hall–Kier alpha value is -2.27. The van der Waals surface area contributed by atoms with Crippen molar-refractivity contribution < 1.29 is 9.53 Å². The summed E-state index contributed by atoms with van der Waals surface area (Å²) in [5, 5.41) is 0. The van der Waals surface area contributed by atoms with Crippen molar-refractivity contribution in [1.82, 2.24) is 4.98 Å². The smallest absolute Gasteiger partial charge is 0.308 e. The number of carbonyl (C=O) groups is 1. The highest BCUT2D eigenvalue weighted by Gasteiger charge is 2.37. The molecule has 2 aromatic rings. The van der Waals surface area contributed by atoms with Crippen LogP contribution in [0.15, 0.2) is 36.7 Å². The molecule has 0 radical (unpaired) electrons. The Labute approximate surface area is 160 Å². The number of ether oxygens (including phenoxy) is 1. The zero-order chi connectivity index (χ0) is 18.7. The third kappa shape index (κ3) is 3.36. The van der Waals surface area contributed by atoms with Crippen LogP contribution in [0.1, 0.15) is 55.5 Å². The number of fused-ring (bicyclic) bond motifs is 1. The lowest BCUT2D eigenvalue weighted by molar-refractivity contribution is -0.143. The molecule has 1 aliphatic rings. The third-order valence-electron chi connectivity index (χ3n) is 4.84. The van der Waals surface area contributed by atoms with Gasteiger partial charge in [0.15, 0.2) is 0 Å². The summed E-state index contributed by atoms with van der Waals surface area (Å²) in [6, 6.07) is 8.13. The topological polar surface area (TPSA) is 42.4 Å². The van der Waals surface area contributed by atoms with E-state index in [0.29, 0.717) is 6.61 Å². The van der Waals surface area contributed by atoms with Gasteiger partial charge in [-0.2, -0.15) is 0 Å². The molecule has 0 bridgehead atoms. The Morgan fingerprint density at radius 2 is 1.96 bits per heavy atom. The minimum atomic E-state index is -0.209. The molecule has 0 aliphatic carbocycles. The highest BCUT2D eigenvalue weighted by atomic mass is 32.1. The van der Waals surface area contributed by atoms with Gasteiger partial charge in [0.1, 0.15) is 4.99 Å². The number of aryl methyl sites for hydroxylation is 2. The van der Waals surface area contributed by atoms with E-state index < -0.39 is 0 Å². The molecule has 1 aromatic heterocycles. The van der Waals surface area contributed by atoms with Crippen LogP contribution >= 0.6 is 12.2 Å². The second-order valence-corrected chi connectivity index (χ2v) is 6.71. The van der Waals surface area contributed by atoms with Crippen LogP contribution < -0.4 is 4.90 Å². The van der Waals surface area contributed by atoms with E-state index in [9.17, 15) is 4.79 Å². The highest BCUT2D eigenvalue weighted by molar-refractivity contribution is 7.81. The fourth-order valence-electron chi connectivity index (χ4n) is 3.61. The molecule has 2 heterocycles. The summed E-state index contributed by atoms with van der Waals surface area (Å²) in [7, 11) is 0. The highest BCUT2D eigenvalue weighted by Crippen LogP contribution is 2.41. The molecule has 136 valence electrons. The van der Waals surface area contributed by atoms with Crippen molar-refractivity contribution in [2.45, 2.75) is 46.1 Å². The Bertz CT molecular complexity index is 820. The van der Waals surface area contributed by atoms with E-state index in [0.717, 1.165) is 34.6 Å². The van der Waals surface area contributed by atoms with E-state index >= 15 is 0 Å². The van der Waals surface area contributed by atoms with Gasteiger partial charge >= 0.3 is 5.97 Å². The molecule has 0 saturated carbocycles. The van der Waals surface area contributed by atoms with Crippen molar-refractivity contribution in [2.75, 3.05) is 11.5 Å². The molecule has 1 aromatic carbocycles. The minimum absolute atomic E-state index is 0.156. The van der Waals surface area contributed by atoms with Crippen molar-refractivity contribution in [1.29, 1.82) is 0 Å². The van der Waals surface area contributed by atoms with Crippen LogP contribution in [0.3, 0.4) is 0 Å². The van der Waals surface area contributed by atoms with Gasteiger partial charge < -0.3 is 9.64 Å². The van der Waals surface area contributed by atoms with Crippen LogP contribution in [0.4, 0.5) is 5.69 Å². The lowest BCUT2D eigenvalue weighted by Gasteiger charge is -2.26. The SMILES string of the molecule is CCOC(=O)CC1c2cc(CC)c(CC)cc2C(=S)N1c1cccnc1. The molecule has 4 nitrogen and oxygen atoms in total. The number of thiocarbonyl (C=S) groups is 1. The number of rotatable bonds is 6. The van der Waals surface area contributed by atoms with Crippen molar-refractivity contribution in [2.24, 2.45) is 0 Å². The summed E-state index contributed by atoms with van der Waals surface area (Å²) in [6.07, 6.45) is 5.72. The van der Waals surface area contributed by atoms with Crippen molar-refractivity contribution in [3.8, 4) is 0 Å². The summed E-state index contributed by atoms with van der Waals surface area (Å²) in [5.41, 5.74) is 5.69. The fourth-order valence-corrected chi connectivity index (χ4v) is 4.02. The summed E-state index contributed by atoms with van der Waals surface area (Å²) >= 11 is 5.80. The van der Waals surface area contributed by atoms with Gasteiger partial charge in [0.25, 0.3) is 0 Å². The normalized spacial score (nSPS) is 15.9. The number of hydrogen-bond donors (Lipinski definition) is 0. The minimum Gasteiger partial charge on any atom is -0.466 e. The molecule has 1 unspecified atom stereocenters. The first-order valence-corrected chi connectivity index (χ1v) is 9.56. The maximum atomic E-state index is 12.3. The monoisotopic (exact) mass is 368 g/mol. The number of carbonyl (C=O) groups excluding carboxylic acids is 1. The number of pyridine rings is 1. The molecule has 3 rings (SSSR count). The first-order valence-electron chi connectivity index (χ1n) is 9.15. The maximum Gasteiger partial charge on any atom is 0.308 e. The second-order valence-electron chi connectivity index (χ2n) is 6.33. The van der Waals surface area contributed by atoms with E-state index in [-0.39, 0.29) is 18.4 Å². The van der Waals surface area contributed by atoms with Crippen LogP contribution in [-0.2, 0) is 22.4 Å². The Balaban J connectivity index is 2.10. The molecule has 0 spiro atoms. The average molecular weight is 369 g/mol. The molecular weight excluding hydrogens is 344 g/mol. The molecule has 0 amide bonds. The van der Waals surface area contributed by atoms with Crippen LogP contribution in [-0.4, -0.2) is 22.5 Å². The Morgan fingerprint density at radius 1 is 1.23 bits per heavy atom. The number of hydrogen-bond acceptors (Lipinski definition) is 4. The quantitative estimate of drug-likeness (QED) is 0.558. The zero-order valence-corrected chi connectivity index (χ0v) is 16.3. The van der Waals surface area contributed by atoms with Crippen LogP contribution in [0.5, 0.6) is 0 Å². The molecule has 0 saturated heterocycles. The zero-order valence-electron chi connectivity index (χ0n) is 15.5. The van der Waals surface area contributed by atoms with Gasteiger partial charge in [0.2, 0.25) is 0 Å². The maximum absolute atomic E-state index is 12.3. The number of benzene rings is 1. The predicted molar refractivity (Wildman–Crippen MR) is 108 cm³/mol. The van der Waals surface area contributed by atoms with E-state index in [1.807, 2.05) is 24.0 Å². The summed E-state index contributed by atoms with van der Waals surface area (Å²) < 4.78 is 5.22. The number of aromatic nitrogens is 1. The van der Waals surface area contributed by atoms with Crippen LogP contribution in [0, 0.1) is 0 Å². The summed E-state index contributed by atoms with van der Waals surface area (Å²) in [6.45, 7) is 6.53. The lowest BCUT2D eigenvalue weighted by atomic mass is 9.93. The van der Waals surface area contributed by atoms with Crippen molar-refractivity contribution in [3.63, 3.8) is 0 Å². The standard InChI is InChI=1S/C21H24N2O2S/c1-4-14-10-17-18(11-15(14)5-2)21(26)23(16-8-7-9-22-13-16)19(17)12-20(24)25-6-3/h7-11,13,19H,4-6,12H2,1-3H3. The van der Waals surface area contributed by atoms with Gasteiger partial charge in [-0.3, -0.25) is 9.78 Å². The van der Waals surface area contributed by atoms with Gasteiger partial charge in [-0.05, 0) is 54.7 Å². The molecular formula is C21H24N2O2S. The van der Waals surface area contributed by atoms with Gasteiger partial charge in [-0.25, -0.2) is 0 Å². The fraction of sp³-hybridized carbons (Fsp3) is 0.381. The molecule has 1 atom stereocenters. The summed E-state index contributed by atoms with van der Waals surface area (Å²) in [5.74, 6) is -0.209. The van der Waals surface area contributed by atoms with E-state index in [1.165, 1.54) is 11.1 Å². The van der Waals surface area contributed by atoms with Gasteiger partial charge in [-0.1, -0.05) is 32.1 Å². The molecule has 0 N–H and O–H groups in total. The lowest BCUT2D eigenvalue weighted by Crippen LogP contribution is -2.29. The molecule has 5 heteroatoms. The van der Waals surface area contributed by atoms with E-state index in [1.54, 1.807) is 12.4 Å². The predicted octanol–water partition coefficient (Wildman–Crippen LogP) is 4.40. The van der Waals surface area contributed by atoms with Crippen LogP contribution in [0.2, 0.25) is 0 Å². The largest absolute Gasteiger partial charge is 0.466 e. The molecule has 0 fully saturated rings. The van der Waals surface area contributed by atoms with Crippen LogP contribution in [0.25, 0.3) is 0 Å². The van der Waals surface area contributed by atoms with Gasteiger partial charge in [-0.15, -0.1) is 0 Å². The molecule has 26 heavy (non-hydrogen) atoms. The van der Waals surface area contributed by atoms with Gasteiger partial charge in [0, 0.05) is 11.8 Å². The number of nitrogens with zero attached hydrogens (tertiary/aromatic N) is 2. The first kappa shape index (κ1) is 18.5. The number of esters is 1. The molecule has 1 aliphatic heterocycles. The first-order chi connectivity index (χ1) is 12.6. The van der Waals surface area contributed by atoms with Crippen molar-refractivity contribution in [3.05, 3.63) is 58.9 Å². The third-order valence-corrected chi connectivity index (χ3v) is 5.26. The Morgan fingerprint density at radius 3 is 2.58 bits per heavy atom. The van der Waals surface area contributed by atoms with Crippen molar-refractivity contribution >= 4 is 28.9 Å². The summed E-state index contributed by atoms with van der Waals surface area (Å²) in [4.78, 5) is 19.3. The van der Waals surface area contributed by atoms with Gasteiger partial charge in [0.05, 0.1) is 31.0 Å². The van der Waals surface area contributed by atoms with E-state index in [2.05, 4.69) is 31.0 Å². The average Bonchev–Trinajstić information content (AvgIpc) is 2.92. The number of anilines is 1. The second kappa shape index (κ2) is 7.96. The Kier molecular flexibility index (Phi) is 5.67.